The van der Waals surface area contributed by atoms with Gasteiger partial charge in [0.2, 0.25) is 0 Å². The molecule has 0 unspecified atom stereocenters. The van der Waals surface area contributed by atoms with Crippen LogP contribution in [-0.4, -0.2) is 39.4 Å². The minimum absolute atomic E-state index is 0.720. The average molecular weight is 307 g/mol. The zero-order chi connectivity index (χ0) is 15.1. The lowest BCUT2D eigenvalue weighted by molar-refractivity contribution is 0.199. The van der Waals surface area contributed by atoms with E-state index in [4.69, 9.17) is 9.47 Å². The lowest BCUT2D eigenvalue weighted by Crippen LogP contribution is -2.17. The van der Waals surface area contributed by atoms with Crippen LogP contribution in [0.25, 0.3) is 0 Å². The molecule has 0 saturated carbocycles. The highest BCUT2D eigenvalue weighted by molar-refractivity contribution is 7.15. The molecule has 1 aromatic carbocycles. The Kier molecular flexibility index (Phi) is 5.98. The molecule has 21 heavy (non-hydrogen) atoms. The van der Waals surface area contributed by atoms with E-state index in [9.17, 15) is 0 Å². The maximum absolute atomic E-state index is 5.17. The topological polar surface area (TPSA) is 46.6 Å². The second kappa shape index (κ2) is 7.97. The molecule has 114 valence electrons. The van der Waals surface area contributed by atoms with Crippen LogP contribution in [0.3, 0.4) is 0 Å². The summed E-state index contributed by atoms with van der Waals surface area (Å²) in [5.41, 5.74) is 1.09. The summed E-state index contributed by atoms with van der Waals surface area (Å²) in [6, 6.07) is 7.95. The van der Waals surface area contributed by atoms with E-state index in [2.05, 4.69) is 15.2 Å². The molecule has 0 fully saturated rings. The van der Waals surface area contributed by atoms with Gasteiger partial charge in [-0.25, -0.2) is 4.98 Å². The Bertz CT molecular complexity index is 542. The van der Waals surface area contributed by atoms with Crippen LogP contribution in [0.1, 0.15) is 4.88 Å². The summed E-state index contributed by atoms with van der Waals surface area (Å²) in [5.74, 6) is 0.856. The van der Waals surface area contributed by atoms with Crippen molar-refractivity contribution < 1.29 is 9.47 Å². The summed E-state index contributed by atoms with van der Waals surface area (Å²) in [5, 5.41) is 4.30. The van der Waals surface area contributed by atoms with E-state index in [1.54, 1.807) is 25.6 Å². The predicted octanol–water partition coefficient (Wildman–Crippen LogP) is 2.66. The molecule has 0 aliphatic carbocycles. The fraction of sp³-hybridized carbons (Fsp3) is 0.400. The van der Waals surface area contributed by atoms with Crippen molar-refractivity contribution in [2.75, 3.05) is 39.3 Å². The smallest absolute Gasteiger partial charge is 0.189 e. The van der Waals surface area contributed by atoms with Crippen LogP contribution in [0.5, 0.6) is 5.75 Å². The molecule has 1 aromatic heterocycles. The first-order valence-electron chi connectivity index (χ1n) is 6.76. The van der Waals surface area contributed by atoms with Crippen molar-refractivity contribution in [3.8, 4) is 5.75 Å². The van der Waals surface area contributed by atoms with Crippen molar-refractivity contribution in [3.05, 3.63) is 35.3 Å². The molecule has 0 amide bonds. The van der Waals surface area contributed by atoms with Crippen molar-refractivity contribution in [2.45, 2.75) is 6.54 Å². The highest BCUT2D eigenvalue weighted by Crippen LogP contribution is 2.29. The lowest BCUT2D eigenvalue weighted by atomic mass is 10.3. The summed E-state index contributed by atoms with van der Waals surface area (Å²) in [7, 11) is 5.39. The second-order valence-electron chi connectivity index (χ2n) is 4.54. The maximum Gasteiger partial charge on any atom is 0.189 e. The number of ether oxygens (including phenoxy) is 2. The third-order valence-electron chi connectivity index (χ3n) is 3.07. The third kappa shape index (κ3) is 4.42. The van der Waals surface area contributed by atoms with E-state index < -0.39 is 0 Å². The molecule has 1 N–H and O–H groups in total. The monoisotopic (exact) mass is 307 g/mol. The minimum atomic E-state index is 0.720. The van der Waals surface area contributed by atoms with Crippen molar-refractivity contribution in [2.24, 2.45) is 0 Å². The standard InChI is InChI=1S/C15H21N3O2S/c1-18(12-4-6-13(20-3)7-5-12)15-17-11-14(21-15)10-16-8-9-19-2/h4-7,11,16H,8-10H2,1-3H3. The van der Waals surface area contributed by atoms with E-state index in [-0.39, 0.29) is 0 Å². The summed E-state index contributed by atoms with van der Waals surface area (Å²) < 4.78 is 10.2. The van der Waals surface area contributed by atoms with Gasteiger partial charge in [-0.3, -0.25) is 0 Å². The van der Waals surface area contributed by atoms with Crippen molar-refractivity contribution in [1.29, 1.82) is 0 Å². The maximum atomic E-state index is 5.17. The quantitative estimate of drug-likeness (QED) is 0.760. The number of methoxy groups -OCH3 is 2. The zero-order valence-corrected chi connectivity index (χ0v) is 13.4. The predicted molar refractivity (Wildman–Crippen MR) is 86.8 cm³/mol. The molecule has 5 nitrogen and oxygen atoms in total. The van der Waals surface area contributed by atoms with Gasteiger partial charge in [0.05, 0.1) is 13.7 Å². The van der Waals surface area contributed by atoms with Gasteiger partial charge in [-0.05, 0) is 24.3 Å². The largest absolute Gasteiger partial charge is 0.497 e. The fourth-order valence-corrected chi connectivity index (χ4v) is 2.70. The molecule has 0 radical (unpaired) electrons. The van der Waals surface area contributed by atoms with Crippen LogP contribution in [0.4, 0.5) is 10.8 Å². The minimum Gasteiger partial charge on any atom is -0.497 e. The summed E-state index contributed by atoms with van der Waals surface area (Å²) in [6.07, 6.45) is 1.92. The highest BCUT2D eigenvalue weighted by atomic mass is 32.1. The zero-order valence-electron chi connectivity index (χ0n) is 12.6. The van der Waals surface area contributed by atoms with Crippen molar-refractivity contribution in [3.63, 3.8) is 0 Å². The molecule has 0 saturated heterocycles. The second-order valence-corrected chi connectivity index (χ2v) is 5.63. The average Bonchev–Trinajstić information content (AvgIpc) is 3.00. The third-order valence-corrected chi connectivity index (χ3v) is 4.14. The Morgan fingerprint density at radius 1 is 1.24 bits per heavy atom. The first-order valence-corrected chi connectivity index (χ1v) is 7.58. The number of rotatable bonds is 8. The molecular formula is C15H21N3O2S. The lowest BCUT2D eigenvalue weighted by Gasteiger charge is -2.16. The van der Waals surface area contributed by atoms with Crippen LogP contribution in [0.15, 0.2) is 30.5 Å². The molecule has 2 aromatic rings. The van der Waals surface area contributed by atoms with E-state index in [0.29, 0.717) is 0 Å². The molecule has 6 heteroatoms. The fourth-order valence-electron chi connectivity index (χ4n) is 1.84. The molecule has 0 bridgehead atoms. The molecule has 2 rings (SSSR count). The Morgan fingerprint density at radius 2 is 2.00 bits per heavy atom. The van der Waals surface area contributed by atoms with Crippen LogP contribution in [0, 0.1) is 0 Å². The first kappa shape index (κ1) is 15.8. The molecule has 0 aliphatic rings. The molecule has 0 atom stereocenters. The Labute approximate surface area is 129 Å². The van der Waals surface area contributed by atoms with Crippen molar-refractivity contribution in [1.82, 2.24) is 10.3 Å². The molecule has 1 heterocycles. The molecule has 0 aliphatic heterocycles. The van der Waals surface area contributed by atoms with Crippen LogP contribution >= 0.6 is 11.3 Å². The number of thiazole rings is 1. The number of anilines is 2. The molecule has 0 spiro atoms. The summed E-state index contributed by atoms with van der Waals surface area (Å²) in [6.45, 7) is 2.38. The Balaban J connectivity index is 1.95. The van der Waals surface area contributed by atoms with Gasteiger partial charge in [-0.1, -0.05) is 0 Å². The first-order chi connectivity index (χ1) is 10.2. The van der Waals surface area contributed by atoms with Crippen LogP contribution < -0.4 is 15.0 Å². The van der Waals surface area contributed by atoms with Gasteiger partial charge >= 0.3 is 0 Å². The van der Waals surface area contributed by atoms with E-state index >= 15 is 0 Å². The van der Waals surface area contributed by atoms with Gasteiger partial charge < -0.3 is 19.7 Å². The van der Waals surface area contributed by atoms with Gasteiger partial charge in [-0.2, -0.15) is 0 Å². The number of hydrogen-bond acceptors (Lipinski definition) is 6. The van der Waals surface area contributed by atoms with Crippen LogP contribution in [-0.2, 0) is 11.3 Å². The van der Waals surface area contributed by atoms with Gasteiger partial charge in [0, 0.05) is 44.0 Å². The normalized spacial score (nSPS) is 10.6. The number of aromatic nitrogens is 1. The summed E-state index contributed by atoms with van der Waals surface area (Å²) >= 11 is 1.68. The van der Waals surface area contributed by atoms with Gasteiger partial charge in [0.1, 0.15) is 5.75 Å². The van der Waals surface area contributed by atoms with E-state index in [1.165, 1.54) is 4.88 Å². The van der Waals surface area contributed by atoms with E-state index in [1.807, 2.05) is 37.5 Å². The summed E-state index contributed by atoms with van der Waals surface area (Å²) in [4.78, 5) is 7.76. The number of hydrogen-bond donors (Lipinski definition) is 1. The van der Waals surface area contributed by atoms with Gasteiger partial charge in [0.15, 0.2) is 5.13 Å². The Hall–Kier alpha value is -1.63. The number of nitrogens with zero attached hydrogens (tertiary/aromatic N) is 2. The Morgan fingerprint density at radius 3 is 2.67 bits per heavy atom. The number of benzene rings is 1. The molecular weight excluding hydrogens is 286 g/mol. The van der Waals surface area contributed by atoms with E-state index in [0.717, 1.165) is 36.3 Å². The van der Waals surface area contributed by atoms with Gasteiger partial charge in [-0.15, -0.1) is 11.3 Å². The SMILES string of the molecule is COCCNCc1cnc(N(C)c2ccc(OC)cc2)s1. The van der Waals surface area contributed by atoms with Gasteiger partial charge in [0.25, 0.3) is 0 Å². The van der Waals surface area contributed by atoms with Crippen molar-refractivity contribution >= 4 is 22.2 Å². The number of nitrogens with one attached hydrogen (secondary N) is 1. The van der Waals surface area contributed by atoms with Crippen LogP contribution in [0.2, 0.25) is 0 Å². The highest BCUT2D eigenvalue weighted by Gasteiger charge is 2.09.